The van der Waals surface area contributed by atoms with Crippen molar-refractivity contribution in [3.8, 4) is 0 Å². The molecule has 6 heteroatoms. The molecule has 0 aliphatic carbocycles. The molecule has 0 bridgehead atoms. The van der Waals surface area contributed by atoms with Gasteiger partial charge in [0.1, 0.15) is 0 Å². The van der Waals surface area contributed by atoms with E-state index in [9.17, 15) is 4.79 Å². The molecule has 0 fully saturated rings. The van der Waals surface area contributed by atoms with Crippen LogP contribution in [0.5, 0.6) is 0 Å². The Labute approximate surface area is 87.6 Å². The number of hydrogen-bond acceptors (Lipinski definition) is 5. The van der Waals surface area contributed by atoms with Crippen LogP contribution in [-0.2, 0) is 11.8 Å². The van der Waals surface area contributed by atoms with Gasteiger partial charge in [0.2, 0.25) is 0 Å². The van der Waals surface area contributed by atoms with Gasteiger partial charge in [-0.25, -0.2) is 4.79 Å². The van der Waals surface area contributed by atoms with Crippen LogP contribution in [-0.4, -0.2) is 34.1 Å². The molecule has 0 saturated carbocycles. The molecule has 0 unspecified atom stereocenters. The van der Waals surface area contributed by atoms with Gasteiger partial charge in [0.25, 0.3) is 0 Å². The molecule has 0 radical (unpaired) electrons. The zero-order valence-corrected chi connectivity index (χ0v) is 8.80. The van der Waals surface area contributed by atoms with Crippen molar-refractivity contribution in [2.75, 3.05) is 13.2 Å². The molecule has 1 atom stereocenters. The summed E-state index contributed by atoms with van der Waals surface area (Å²) in [6.07, 6.45) is 1.60. The van der Waals surface area contributed by atoms with Crippen molar-refractivity contribution in [3.63, 3.8) is 0 Å². The number of rotatable bonds is 4. The number of esters is 1. The second-order valence-corrected chi connectivity index (χ2v) is 3.12. The van der Waals surface area contributed by atoms with Crippen molar-refractivity contribution in [3.05, 3.63) is 17.5 Å². The monoisotopic (exact) mass is 213 g/mol. The van der Waals surface area contributed by atoms with E-state index in [1.165, 1.54) is 4.68 Å². The highest BCUT2D eigenvalue weighted by Crippen LogP contribution is 2.15. The molecular formula is C9H15N3O3. The van der Waals surface area contributed by atoms with E-state index < -0.39 is 12.0 Å². The van der Waals surface area contributed by atoms with Crippen molar-refractivity contribution in [1.29, 1.82) is 0 Å². The van der Waals surface area contributed by atoms with Crippen LogP contribution in [0.25, 0.3) is 0 Å². The number of aromatic nitrogens is 2. The molecule has 15 heavy (non-hydrogen) atoms. The first-order valence-electron chi connectivity index (χ1n) is 4.67. The highest BCUT2D eigenvalue weighted by molar-refractivity contribution is 5.89. The minimum absolute atomic E-state index is 0.168. The molecule has 0 aromatic carbocycles. The summed E-state index contributed by atoms with van der Waals surface area (Å²) in [6, 6.07) is -0.613. The van der Waals surface area contributed by atoms with Gasteiger partial charge < -0.3 is 15.6 Å². The lowest BCUT2D eigenvalue weighted by Crippen LogP contribution is -2.18. The number of nitrogens with zero attached hydrogens (tertiary/aromatic N) is 2. The molecule has 0 aliphatic rings. The highest BCUT2D eigenvalue weighted by atomic mass is 16.5. The van der Waals surface area contributed by atoms with E-state index in [1.807, 2.05) is 0 Å². The van der Waals surface area contributed by atoms with Gasteiger partial charge in [-0.2, -0.15) is 5.10 Å². The zero-order valence-electron chi connectivity index (χ0n) is 8.80. The maximum atomic E-state index is 11.5. The maximum Gasteiger partial charge on any atom is 0.359 e. The van der Waals surface area contributed by atoms with Gasteiger partial charge >= 0.3 is 5.97 Å². The summed E-state index contributed by atoms with van der Waals surface area (Å²) in [5.41, 5.74) is 6.30. The average molecular weight is 213 g/mol. The summed E-state index contributed by atoms with van der Waals surface area (Å²) in [4.78, 5) is 11.5. The van der Waals surface area contributed by atoms with Gasteiger partial charge in [-0.15, -0.1) is 0 Å². The third-order valence-corrected chi connectivity index (χ3v) is 1.92. The molecule has 0 aliphatic heterocycles. The SMILES string of the molecule is CCOC(=O)c1nn(C)cc1[C@H](N)CO. The van der Waals surface area contributed by atoms with Crippen LogP contribution in [0.1, 0.15) is 29.0 Å². The van der Waals surface area contributed by atoms with E-state index in [2.05, 4.69) is 5.10 Å². The second-order valence-electron chi connectivity index (χ2n) is 3.12. The van der Waals surface area contributed by atoms with E-state index in [-0.39, 0.29) is 18.9 Å². The molecule has 1 aromatic heterocycles. The average Bonchev–Trinajstić information content (AvgIpc) is 2.59. The number of ether oxygens (including phenoxy) is 1. The molecule has 0 amide bonds. The molecular weight excluding hydrogens is 198 g/mol. The Bertz CT molecular complexity index is 348. The second kappa shape index (κ2) is 4.90. The Kier molecular flexibility index (Phi) is 3.81. The van der Waals surface area contributed by atoms with Crippen LogP contribution < -0.4 is 5.73 Å². The Morgan fingerprint density at radius 1 is 1.80 bits per heavy atom. The maximum absolute atomic E-state index is 11.5. The summed E-state index contributed by atoms with van der Waals surface area (Å²) in [7, 11) is 1.68. The third kappa shape index (κ3) is 2.54. The largest absolute Gasteiger partial charge is 0.461 e. The summed E-state index contributed by atoms with van der Waals surface area (Å²) in [5.74, 6) is -0.517. The lowest BCUT2D eigenvalue weighted by atomic mass is 10.1. The van der Waals surface area contributed by atoms with Crippen LogP contribution in [0, 0.1) is 0 Å². The van der Waals surface area contributed by atoms with E-state index in [4.69, 9.17) is 15.6 Å². The predicted molar refractivity (Wildman–Crippen MR) is 53.2 cm³/mol. The number of carbonyl (C=O) groups is 1. The van der Waals surface area contributed by atoms with Crippen LogP contribution in [0.4, 0.5) is 0 Å². The van der Waals surface area contributed by atoms with Gasteiger partial charge in [0, 0.05) is 18.8 Å². The lowest BCUT2D eigenvalue weighted by molar-refractivity contribution is 0.0516. The first-order chi connectivity index (χ1) is 7.10. The van der Waals surface area contributed by atoms with Crippen LogP contribution in [0.15, 0.2) is 6.20 Å². The van der Waals surface area contributed by atoms with Crippen molar-refractivity contribution in [2.24, 2.45) is 12.8 Å². The fourth-order valence-electron chi connectivity index (χ4n) is 1.23. The zero-order chi connectivity index (χ0) is 11.4. The highest BCUT2D eigenvalue weighted by Gasteiger charge is 2.21. The number of carbonyl (C=O) groups excluding carboxylic acids is 1. The van der Waals surface area contributed by atoms with Crippen molar-refractivity contribution in [2.45, 2.75) is 13.0 Å². The Morgan fingerprint density at radius 3 is 3.00 bits per heavy atom. The summed E-state index contributed by atoms with van der Waals surface area (Å²) in [6.45, 7) is 1.76. The van der Waals surface area contributed by atoms with E-state index >= 15 is 0 Å². The minimum atomic E-state index is -0.613. The molecule has 1 aromatic rings. The number of hydrogen-bond donors (Lipinski definition) is 2. The van der Waals surface area contributed by atoms with Crippen molar-refractivity contribution < 1.29 is 14.6 Å². The smallest absolute Gasteiger partial charge is 0.359 e. The van der Waals surface area contributed by atoms with Gasteiger partial charge in [-0.05, 0) is 6.92 Å². The third-order valence-electron chi connectivity index (χ3n) is 1.92. The Morgan fingerprint density at radius 2 is 2.47 bits per heavy atom. The molecule has 1 rings (SSSR count). The van der Waals surface area contributed by atoms with Crippen LogP contribution in [0.2, 0.25) is 0 Å². The van der Waals surface area contributed by atoms with Crippen LogP contribution in [0.3, 0.4) is 0 Å². The Hall–Kier alpha value is -1.40. The van der Waals surface area contributed by atoms with E-state index in [1.54, 1.807) is 20.2 Å². The number of aliphatic hydroxyl groups is 1. The fourth-order valence-corrected chi connectivity index (χ4v) is 1.23. The fraction of sp³-hybridized carbons (Fsp3) is 0.556. The number of aryl methyl sites for hydroxylation is 1. The quantitative estimate of drug-likeness (QED) is 0.663. The first-order valence-corrected chi connectivity index (χ1v) is 4.67. The van der Waals surface area contributed by atoms with Gasteiger partial charge in [-0.1, -0.05) is 0 Å². The normalized spacial score (nSPS) is 12.5. The number of nitrogens with two attached hydrogens (primary N) is 1. The van der Waals surface area contributed by atoms with Crippen LogP contribution >= 0.6 is 0 Å². The summed E-state index contributed by atoms with van der Waals surface area (Å²) < 4.78 is 6.29. The minimum Gasteiger partial charge on any atom is -0.461 e. The summed E-state index contributed by atoms with van der Waals surface area (Å²) >= 11 is 0. The van der Waals surface area contributed by atoms with E-state index in [0.717, 1.165) is 0 Å². The summed E-state index contributed by atoms with van der Waals surface area (Å²) in [5, 5.41) is 12.9. The van der Waals surface area contributed by atoms with Crippen molar-refractivity contribution in [1.82, 2.24) is 9.78 Å². The molecule has 1 heterocycles. The van der Waals surface area contributed by atoms with Crippen molar-refractivity contribution >= 4 is 5.97 Å². The van der Waals surface area contributed by atoms with Gasteiger partial charge in [0.05, 0.1) is 19.3 Å². The lowest BCUT2D eigenvalue weighted by Gasteiger charge is -2.06. The molecule has 0 spiro atoms. The molecule has 0 saturated heterocycles. The molecule has 6 nitrogen and oxygen atoms in total. The Balaban J connectivity index is 3.00. The van der Waals surface area contributed by atoms with Gasteiger partial charge in [-0.3, -0.25) is 4.68 Å². The number of aliphatic hydroxyl groups excluding tert-OH is 1. The topological polar surface area (TPSA) is 90.4 Å². The molecule has 84 valence electrons. The van der Waals surface area contributed by atoms with Gasteiger partial charge in [0.15, 0.2) is 5.69 Å². The molecule has 3 N–H and O–H groups in total. The first kappa shape index (κ1) is 11.7. The predicted octanol–water partition coefficient (Wildman–Crippen LogP) is -0.411. The standard InChI is InChI=1S/C9H15N3O3/c1-3-15-9(14)8-6(7(10)5-13)4-12(2)11-8/h4,7,13H,3,5,10H2,1-2H3/t7-/m1/s1. The van der Waals surface area contributed by atoms with E-state index in [0.29, 0.717) is 5.56 Å².